The van der Waals surface area contributed by atoms with Crippen LogP contribution in [0.2, 0.25) is 0 Å². The Kier molecular flexibility index (Phi) is 5.41. The Morgan fingerprint density at radius 2 is 1.95 bits per heavy atom. The highest BCUT2D eigenvalue weighted by Gasteiger charge is 2.36. The number of ether oxygens (including phenoxy) is 2. The van der Waals surface area contributed by atoms with Crippen LogP contribution in [0.5, 0.6) is 5.75 Å². The van der Waals surface area contributed by atoms with Gasteiger partial charge in [-0.2, -0.15) is 13.2 Å². The van der Waals surface area contributed by atoms with Gasteiger partial charge in [-0.3, -0.25) is 4.79 Å². The molecule has 0 saturated heterocycles. The van der Waals surface area contributed by atoms with Gasteiger partial charge in [-0.05, 0) is 31.5 Å². The molecule has 116 valence electrons. The zero-order valence-corrected chi connectivity index (χ0v) is 12.1. The van der Waals surface area contributed by atoms with Crippen molar-refractivity contribution in [1.82, 2.24) is 0 Å². The first-order valence-corrected chi connectivity index (χ1v) is 6.30. The number of benzene rings is 1. The lowest BCUT2D eigenvalue weighted by atomic mass is 9.98. The molecule has 0 saturated carbocycles. The van der Waals surface area contributed by atoms with Gasteiger partial charge in [0.15, 0.2) is 0 Å². The molecule has 3 nitrogen and oxygen atoms in total. The van der Waals surface area contributed by atoms with E-state index in [1.54, 1.807) is 13.8 Å². The van der Waals surface area contributed by atoms with Crippen LogP contribution >= 0.6 is 0 Å². The standard InChI is InChI=1S/C15H17F3O3/c1-5-21-13(19)8-11-6-10(9(2)3)7-12(14(11)20-4)15(16,17)18/h6-7H,2,5,8H2,1,3-4H3. The molecule has 1 aromatic rings. The molecule has 0 atom stereocenters. The van der Waals surface area contributed by atoms with Crippen LogP contribution in [0.3, 0.4) is 0 Å². The molecule has 0 unspecified atom stereocenters. The molecular formula is C15H17F3O3. The summed E-state index contributed by atoms with van der Waals surface area (Å²) in [7, 11) is 1.14. The monoisotopic (exact) mass is 302 g/mol. The minimum atomic E-state index is -4.58. The lowest BCUT2D eigenvalue weighted by Crippen LogP contribution is -2.13. The second-order valence-electron chi connectivity index (χ2n) is 4.48. The van der Waals surface area contributed by atoms with Gasteiger partial charge >= 0.3 is 12.1 Å². The lowest BCUT2D eigenvalue weighted by Gasteiger charge is -2.17. The van der Waals surface area contributed by atoms with Crippen molar-refractivity contribution in [2.75, 3.05) is 13.7 Å². The van der Waals surface area contributed by atoms with Crippen LogP contribution < -0.4 is 4.74 Å². The maximum atomic E-state index is 13.1. The zero-order chi connectivity index (χ0) is 16.2. The third-order valence-corrected chi connectivity index (χ3v) is 2.81. The van der Waals surface area contributed by atoms with Crippen LogP contribution in [0.1, 0.15) is 30.5 Å². The highest BCUT2D eigenvalue weighted by molar-refractivity contribution is 5.75. The van der Waals surface area contributed by atoms with Gasteiger partial charge < -0.3 is 9.47 Å². The molecule has 0 aromatic heterocycles. The summed E-state index contributed by atoms with van der Waals surface area (Å²) in [5.41, 5.74) is -0.0238. The first-order valence-electron chi connectivity index (χ1n) is 6.30. The van der Waals surface area contributed by atoms with Gasteiger partial charge in [-0.25, -0.2) is 0 Å². The normalized spacial score (nSPS) is 11.1. The van der Waals surface area contributed by atoms with E-state index in [0.717, 1.165) is 13.2 Å². The van der Waals surface area contributed by atoms with E-state index in [4.69, 9.17) is 9.47 Å². The lowest BCUT2D eigenvalue weighted by molar-refractivity contribution is -0.143. The molecule has 0 radical (unpaired) electrons. The Hall–Kier alpha value is -1.98. The van der Waals surface area contributed by atoms with E-state index in [1.165, 1.54) is 6.07 Å². The Balaban J connectivity index is 3.42. The molecule has 0 aliphatic heterocycles. The van der Waals surface area contributed by atoms with E-state index in [9.17, 15) is 18.0 Å². The number of esters is 1. The number of alkyl halides is 3. The molecule has 0 aliphatic carbocycles. The van der Waals surface area contributed by atoms with Gasteiger partial charge in [-0.1, -0.05) is 12.2 Å². The average Bonchev–Trinajstić information content (AvgIpc) is 2.36. The number of hydrogen-bond acceptors (Lipinski definition) is 3. The number of allylic oxidation sites excluding steroid dienone is 1. The molecule has 0 fully saturated rings. The summed E-state index contributed by atoms with van der Waals surface area (Å²) in [6.07, 6.45) is -4.87. The Morgan fingerprint density at radius 1 is 1.33 bits per heavy atom. The average molecular weight is 302 g/mol. The van der Waals surface area contributed by atoms with E-state index in [-0.39, 0.29) is 24.3 Å². The van der Waals surface area contributed by atoms with Crippen LogP contribution in [-0.4, -0.2) is 19.7 Å². The summed E-state index contributed by atoms with van der Waals surface area (Å²) in [6, 6.07) is 2.43. The highest BCUT2D eigenvalue weighted by Crippen LogP contribution is 2.40. The molecular weight excluding hydrogens is 285 g/mol. The molecule has 0 N–H and O–H groups in total. The number of methoxy groups -OCH3 is 1. The van der Waals surface area contributed by atoms with Gasteiger partial charge in [0.2, 0.25) is 0 Å². The van der Waals surface area contributed by atoms with Gasteiger partial charge in [0, 0.05) is 5.56 Å². The fourth-order valence-electron chi connectivity index (χ4n) is 1.89. The molecule has 0 spiro atoms. The predicted octanol–water partition coefficient (Wildman–Crippen LogP) is 3.85. The third kappa shape index (κ3) is 4.24. The second kappa shape index (κ2) is 6.65. The van der Waals surface area contributed by atoms with Crippen molar-refractivity contribution in [3.63, 3.8) is 0 Å². The molecule has 1 aromatic carbocycles. The number of halogens is 3. The van der Waals surface area contributed by atoms with Crippen LogP contribution in [-0.2, 0) is 22.1 Å². The second-order valence-corrected chi connectivity index (χ2v) is 4.48. The zero-order valence-electron chi connectivity index (χ0n) is 12.1. The Labute approximate surface area is 121 Å². The molecule has 0 heterocycles. The molecule has 0 aliphatic rings. The van der Waals surface area contributed by atoms with E-state index in [2.05, 4.69) is 6.58 Å². The molecule has 1 rings (SSSR count). The third-order valence-electron chi connectivity index (χ3n) is 2.81. The number of rotatable bonds is 5. The van der Waals surface area contributed by atoms with Crippen molar-refractivity contribution in [1.29, 1.82) is 0 Å². The van der Waals surface area contributed by atoms with Crippen molar-refractivity contribution in [3.8, 4) is 5.75 Å². The predicted molar refractivity (Wildman–Crippen MR) is 73.0 cm³/mol. The van der Waals surface area contributed by atoms with Gasteiger partial charge in [0.05, 0.1) is 25.7 Å². The molecule has 0 bridgehead atoms. The quantitative estimate of drug-likeness (QED) is 0.775. The highest BCUT2D eigenvalue weighted by atomic mass is 19.4. The first-order chi connectivity index (χ1) is 9.70. The molecule has 6 heteroatoms. The Bertz CT molecular complexity index is 548. The summed E-state index contributed by atoms with van der Waals surface area (Å²) < 4.78 is 49.0. The first kappa shape index (κ1) is 17.1. The minimum absolute atomic E-state index is 0.128. The van der Waals surface area contributed by atoms with Crippen LogP contribution in [0.25, 0.3) is 5.57 Å². The molecule has 0 amide bonds. The topological polar surface area (TPSA) is 35.5 Å². The van der Waals surface area contributed by atoms with Crippen molar-refractivity contribution in [2.24, 2.45) is 0 Å². The van der Waals surface area contributed by atoms with E-state index < -0.39 is 17.7 Å². The number of carbonyl (C=O) groups is 1. The molecule has 21 heavy (non-hydrogen) atoms. The summed E-state index contributed by atoms with van der Waals surface area (Å²) in [5, 5.41) is 0. The minimum Gasteiger partial charge on any atom is -0.496 e. The van der Waals surface area contributed by atoms with Crippen LogP contribution in [0, 0.1) is 0 Å². The van der Waals surface area contributed by atoms with Gasteiger partial charge in [0.1, 0.15) is 5.75 Å². The summed E-state index contributed by atoms with van der Waals surface area (Å²) in [5.74, 6) is -0.969. The van der Waals surface area contributed by atoms with Crippen LogP contribution in [0.15, 0.2) is 18.7 Å². The fraction of sp³-hybridized carbons (Fsp3) is 0.400. The van der Waals surface area contributed by atoms with E-state index in [1.807, 2.05) is 0 Å². The van der Waals surface area contributed by atoms with Crippen LogP contribution in [0.4, 0.5) is 13.2 Å². The summed E-state index contributed by atoms with van der Waals surface area (Å²) in [6.45, 7) is 7.02. The van der Waals surface area contributed by atoms with E-state index >= 15 is 0 Å². The maximum Gasteiger partial charge on any atom is 0.419 e. The van der Waals surface area contributed by atoms with Crippen molar-refractivity contribution in [2.45, 2.75) is 26.4 Å². The fourth-order valence-corrected chi connectivity index (χ4v) is 1.89. The van der Waals surface area contributed by atoms with E-state index in [0.29, 0.717) is 11.1 Å². The smallest absolute Gasteiger partial charge is 0.419 e. The summed E-state index contributed by atoms with van der Waals surface area (Å²) >= 11 is 0. The Morgan fingerprint density at radius 3 is 2.38 bits per heavy atom. The van der Waals surface area contributed by atoms with Gasteiger partial charge in [0.25, 0.3) is 0 Å². The van der Waals surface area contributed by atoms with Crippen molar-refractivity contribution in [3.05, 3.63) is 35.4 Å². The SMILES string of the molecule is C=C(C)c1cc(CC(=O)OCC)c(OC)c(C(F)(F)F)c1. The summed E-state index contributed by atoms with van der Waals surface area (Å²) in [4.78, 5) is 11.5. The van der Waals surface area contributed by atoms with Crippen molar-refractivity contribution >= 4 is 11.5 Å². The van der Waals surface area contributed by atoms with Gasteiger partial charge in [-0.15, -0.1) is 0 Å². The van der Waals surface area contributed by atoms with Crippen molar-refractivity contribution < 1.29 is 27.4 Å². The number of carbonyl (C=O) groups excluding carboxylic acids is 1. The maximum absolute atomic E-state index is 13.1. The largest absolute Gasteiger partial charge is 0.496 e. The number of hydrogen-bond donors (Lipinski definition) is 0.